The highest BCUT2D eigenvalue weighted by Gasteiger charge is 2.31. The van der Waals surface area contributed by atoms with Crippen LogP contribution < -0.4 is 5.32 Å². The van der Waals surface area contributed by atoms with Crippen LogP contribution in [0.15, 0.2) is 59.1 Å². The van der Waals surface area contributed by atoms with Crippen LogP contribution in [-0.4, -0.2) is 24.8 Å². The molecule has 0 unspecified atom stereocenters. The smallest absolute Gasteiger partial charge is 0.303 e. The Balaban J connectivity index is 2.35. The Morgan fingerprint density at radius 3 is 2.17 bits per heavy atom. The van der Waals surface area contributed by atoms with Gasteiger partial charge in [-0.15, -0.1) is 0 Å². The minimum atomic E-state index is -0.685. The fourth-order valence-electron chi connectivity index (χ4n) is 2.36. The number of ether oxygens (including phenoxy) is 1. The van der Waals surface area contributed by atoms with E-state index in [0.717, 1.165) is 10.0 Å². The van der Waals surface area contributed by atoms with Crippen LogP contribution in [0, 0.1) is 0 Å². The quantitative estimate of drug-likeness (QED) is 0.619. The summed E-state index contributed by atoms with van der Waals surface area (Å²) in [6, 6.07) is 15.7. The van der Waals surface area contributed by atoms with E-state index in [1.165, 1.54) is 6.92 Å². The lowest BCUT2D eigenvalue weighted by Gasteiger charge is -2.26. The molecule has 23 heavy (non-hydrogen) atoms. The van der Waals surface area contributed by atoms with E-state index in [0.29, 0.717) is 5.56 Å². The number of ketones is 1. The Morgan fingerprint density at radius 1 is 1.04 bits per heavy atom. The number of carbonyl (C=O) groups is 2. The Hall–Kier alpha value is -1.98. The van der Waals surface area contributed by atoms with Gasteiger partial charge in [0, 0.05) is 17.0 Å². The Morgan fingerprint density at radius 2 is 1.65 bits per heavy atom. The molecule has 0 amide bonds. The molecule has 1 N–H and O–H groups in total. The van der Waals surface area contributed by atoms with E-state index in [-0.39, 0.29) is 5.78 Å². The van der Waals surface area contributed by atoms with Gasteiger partial charge < -0.3 is 10.1 Å². The number of esters is 1. The Bertz CT molecular complexity index is 670. The predicted molar refractivity (Wildman–Crippen MR) is 92.3 cm³/mol. The highest BCUT2D eigenvalue weighted by atomic mass is 79.9. The molecule has 0 aliphatic carbocycles. The predicted octanol–water partition coefficient (Wildman–Crippen LogP) is 3.52. The van der Waals surface area contributed by atoms with Gasteiger partial charge >= 0.3 is 5.97 Å². The molecule has 2 atom stereocenters. The number of benzene rings is 2. The number of nitrogens with one attached hydrogen (secondary N) is 1. The first-order valence-electron chi connectivity index (χ1n) is 7.22. The van der Waals surface area contributed by atoms with Crippen molar-refractivity contribution in [2.24, 2.45) is 0 Å². The summed E-state index contributed by atoms with van der Waals surface area (Å²) in [4.78, 5) is 24.3. The lowest BCUT2D eigenvalue weighted by atomic mass is 9.95. The van der Waals surface area contributed by atoms with E-state index >= 15 is 0 Å². The molecule has 0 aliphatic rings. The number of rotatable bonds is 6. The summed E-state index contributed by atoms with van der Waals surface area (Å²) in [6.07, 6.45) is -0.685. The molecule has 4 nitrogen and oxygen atoms in total. The van der Waals surface area contributed by atoms with Crippen LogP contribution in [0.1, 0.15) is 28.9 Å². The topological polar surface area (TPSA) is 55.4 Å². The van der Waals surface area contributed by atoms with E-state index in [1.807, 2.05) is 42.5 Å². The average Bonchev–Trinajstić information content (AvgIpc) is 2.55. The number of hydrogen-bond donors (Lipinski definition) is 1. The van der Waals surface area contributed by atoms with Crippen LogP contribution in [0.3, 0.4) is 0 Å². The summed E-state index contributed by atoms with van der Waals surface area (Å²) in [5.74, 6) is -0.558. The SMILES string of the molecule is CN[C@H](C(=O)c1ccc(Br)cc1)[C@@H](OC(C)=O)c1ccccc1. The molecular weight excluding hydrogens is 358 g/mol. The zero-order chi connectivity index (χ0) is 16.8. The summed E-state index contributed by atoms with van der Waals surface area (Å²) in [5.41, 5.74) is 1.33. The van der Waals surface area contributed by atoms with E-state index in [4.69, 9.17) is 4.74 Å². The molecule has 0 aromatic heterocycles. The van der Waals surface area contributed by atoms with Gasteiger partial charge in [0.15, 0.2) is 5.78 Å². The maximum Gasteiger partial charge on any atom is 0.303 e. The molecule has 2 aromatic rings. The first kappa shape index (κ1) is 17.4. The summed E-state index contributed by atoms with van der Waals surface area (Å²) in [7, 11) is 1.68. The number of hydrogen-bond acceptors (Lipinski definition) is 4. The van der Waals surface area contributed by atoms with Gasteiger partial charge in [0.25, 0.3) is 0 Å². The molecule has 2 rings (SSSR count). The molecule has 0 heterocycles. The summed E-state index contributed by atoms with van der Waals surface area (Å²) in [6.45, 7) is 1.34. The molecule has 120 valence electrons. The minimum absolute atomic E-state index is 0.130. The molecule has 0 aliphatic heterocycles. The monoisotopic (exact) mass is 375 g/mol. The standard InChI is InChI=1S/C18H18BrNO3/c1-12(21)23-18(14-6-4-3-5-7-14)16(20-2)17(22)13-8-10-15(19)11-9-13/h3-11,16,18,20H,1-2H3/t16-,18+/m1/s1. The number of halogens is 1. The molecule has 0 bridgehead atoms. The van der Waals surface area contributed by atoms with Crippen LogP contribution in [-0.2, 0) is 9.53 Å². The van der Waals surface area contributed by atoms with Crippen LogP contribution >= 0.6 is 15.9 Å². The van der Waals surface area contributed by atoms with E-state index < -0.39 is 18.1 Å². The average molecular weight is 376 g/mol. The van der Waals surface area contributed by atoms with Crippen molar-refractivity contribution in [3.05, 3.63) is 70.2 Å². The second kappa shape index (κ2) is 8.04. The zero-order valence-electron chi connectivity index (χ0n) is 13.0. The van der Waals surface area contributed by atoms with E-state index in [9.17, 15) is 9.59 Å². The van der Waals surface area contributed by atoms with Gasteiger partial charge in [0.1, 0.15) is 12.1 Å². The van der Waals surface area contributed by atoms with Gasteiger partial charge in [-0.2, -0.15) is 0 Å². The minimum Gasteiger partial charge on any atom is -0.455 e. The highest BCUT2D eigenvalue weighted by Crippen LogP contribution is 2.24. The Kier molecular flexibility index (Phi) is 6.07. The fraction of sp³-hybridized carbons (Fsp3) is 0.222. The molecule has 0 saturated carbocycles. The van der Waals surface area contributed by atoms with Crippen LogP contribution in [0.4, 0.5) is 0 Å². The van der Waals surface area contributed by atoms with Gasteiger partial charge in [-0.3, -0.25) is 9.59 Å². The molecule has 0 spiro atoms. The molecule has 2 aromatic carbocycles. The summed E-state index contributed by atoms with van der Waals surface area (Å²) < 4.78 is 6.32. The van der Waals surface area contributed by atoms with Crippen LogP contribution in [0.2, 0.25) is 0 Å². The molecular formula is C18H18BrNO3. The third-order valence-corrected chi connectivity index (χ3v) is 3.97. The fourth-order valence-corrected chi connectivity index (χ4v) is 2.63. The summed E-state index contributed by atoms with van der Waals surface area (Å²) >= 11 is 3.35. The largest absolute Gasteiger partial charge is 0.455 e. The van der Waals surface area contributed by atoms with E-state index in [2.05, 4.69) is 21.2 Å². The van der Waals surface area contributed by atoms with Crippen molar-refractivity contribution in [1.82, 2.24) is 5.32 Å². The van der Waals surface area contributed by atoms with Crippen LogP contribution in [0.5, 0.6) is 0 Å². The number of Topliss-reactive ketones (excluding diaryl/α,β-unsaturated/α-hetero) is 1. The van der Waals surface area contributed by atoms with Crippen molar-refractivity contribution in [3.8, 4) is 0 Å². The van der Waals surface area contributed by atoms with Crippen LogP contribution in [0.25, 0.3) is 0 Å². The lowest BCUT2D eigenvalue weighted by molar-refractivity contribution is -0.147. The van der Waals surface area contributed by atoms with Crippen molar-refractivity contribution in [3.63, 3.8) is 0 Å². The van der Waals surface area contributed by atoms with Crippen molar-refractivity contribution in [2.45, 2.75) is 19.1 Å². The van der Waals surface area contributed by atoms with Gasteiger partial charge in [-0.1, -0.05) is 58.4 Å². The first-order chi connectivity index (χ1) is 11.0. The highest BCUT2D eigenvalue weighted by molar-refractivity contribution is 9.10. The van der Waals surface area contributed by atoms with Crippen molar-refractivity contribution >= 4 is 27.7 Å². The molecule has 0 radical (unpaired) electrons. The lowest BCUT2D eigenvalue weighted by Crippen LogP contribution is -2.41. The number of carbonyl (C=O) groups excluding carboxylic acids is 2. The normalized spacial score (nSPS) is 13.2. The third-order valence-electron chi connectivity index (χ3n) is 3.45. The first-order valence-corrected chi connectivity index (χ1v) is 8.01. The second-order valence-corrected chi connectivity index (χ2v) is 5.99. The van der Waals surface area contributed by atoms with Crippen molar-refractivity contribution in [2.75, 3.05) is 7.05 Å². The molecule has 0 fully saturated rings. The van der Waals surface area contributed by atoms with Gasteiger partial charge in [-0.25, -0.2) is 0 Å². The van der Waals surface area contributed by atoms with Gasteiger partial charge in [-0.05, 0) is 24.7 Å². The van der Waals surface area contributed by atoms with Gasteiger partial charge in [0.05, 0.1) is 0 Å². The maximum absolute atomic E-state index is 12.8. The van der Waals surface area contributed by atoms with Crippen molar-refractivity contribution in [1.29, 1.82) is 0 Å². The maximum atomic E-state index is 12.8. The second-order valence-electron chi connectivity index (χ2n) is 5.08. The van der Waals surface area contributed by atoms with Gasteiger partial charge in [0.2, 0.25) is 0 Å². The number of likely N-dealkylation sites (N-methyl/N-ethyl adjacent to an activating group) is 1. The zero-order valence-corrected chi connectivity index (χ0v) is 14.5. The summed E-state index contributed by atoms with van der Waals surface area (Å²) in [5, 5.41) is 2.98. The molecule has 5 heteroatoms. The Labute approximate surface area is 144 Å². The molecule has 0 saturated heterocycles. The van der Waals surface area contributed by atoms with E-state index in [1.54, 1.807) is 19.2 Å². The van der Waals surface area contributed by atoms with Crippen molar-refractivity contribution < 1.29 is 14.3 Å². The third kappa shape index (κ3) is 4.50.